The largest absolute Gasteiger partial charge is 0.492 e. The number of nitriles is 1. The summed E-state index contributed by atoms with van der Waals surface area (Å²) in [5, 5.41) is 11.5. The fourth-order valence-corrected chi connectivity index (χ4v) is 1.55. The highest BCUT2D eigenvalue weighted by Gasteiger charge is 2.26. The van der Waals surface area contributed by atoms with Gasteiger partial charge >= 0.3 is 0 Å². The molecule has 1 N–H and O–H groups in total. The summed E-state index contributed by atoms with van der Waals surface area (Å²) in [5.41, 5.74) is 0.264. The van der Waals surface area contributed by atoms with Gasteiger partial charge in [0.25, 0.3) is 0 Å². The highest BCUT2D eigenvalue weighted by molar-refractivity contribution is 5.84. The highest BCUT2D eigenvalue weighted by Crippen LogP contribution is 2.18. The molecule has 1 aromatic carbocycles. The van der Waals surface area contributed by atoms with Crippen LogP contribution in [0.25, 0.3) is 0 Å². The number of nitrogens with one attached hydrogen (secondary N) is 1. The molecule has 0 radical (unpaired) electrons. The van der Waals surface area contributed by atoms with Gasteiger partial charge in [0.05, 0.1) is 12.6 Å². The Balaban J connectivity index is 2.35. The van der Waals surface area contributed by atoms with Gasteiger partial charge in [0.2, 0.25) is 5.91 Å². The fourth-order valence-electron chi connectivity index (χ4n) is 1.55. The van der Waals surface area contributed by atoms with Crippen LogP contribution in [-0.4, -0.2) is 19.1 Å². The molecule has 0 bridgehead atoms. The van der Waals surface area contributed by atoms with Gasteiger partial charge in [-0.3, -0.25) is 4.79 Å². The number of ether oxygens (including phenoxy) is 1. The van der Waals surface area contributed by atoms with Crippen LogP contribution in [0.2, 0.25) is 0 Å². The standard InChI is InChI=1S/C16H22N2O2/c1-12(2)13-5-7-14(8-6-13)20-10-9-18-15(19)16(3,4)11-17/h5-8,12H,9-10H2,1-4H3,(H,18,19). The predicted octanol–water partition coefficient (Wildman–Crippen LogP) is 2.85. The topological polar surface area (TPSA) is 62.1 Å². The van der Waals surface area contributed by atoms with E-state index in [-0.39, 0.29) is 5.91 Å². The van der Waals surface area contributed by atoms with E-state index in [1.807, 2.05) is 30.3 Å². The number of carbonyl (C=O) groups is 1. The summed E-state index contributed by atoms with van der Waals surface area (Å²) in [6.45, 7) is 8.23. The molecule has 4 heteroatoms. The first-order valence-corrected chi connectivity index (χ1v) is 6.79. The van der Waals surface area contributed by atoms with Crippen molar-refractivity contribution in [2.45, 2.75) is 33.6 Å². The lowest BCUT2D eigenvalue weighted by Gasteiger charge is -2.15. The Morgan fingerprint density at radius 3 is 2.45 bits per heavy atom. The van der Waals surface area contributed by atoms with Crippen molar-refractivity contribution < 1.29 is 9.53 Å². The first-order chi connectivity index (χ1) is 9.36. The number of nitrogens with zero attached hydrogens (tertiary/aromatic N) is 1. The van der Waals surface area contributed by atoms with E-state index in [1.165, 1.54) is 5.56 Å². The third kappa shape index (κ3) is 4.58. The number of amides is 1. The minimum absolute atomic E-state index is 0.279. The van der Waals surface area contributed by atoms with Crippen molar-refractivity contribution >= 4 is 5.91 Å². The van der Waals surface area contributed by atoms with Gasteiger partial charge in [-0.05, 0) is 37.5 Å². The van der Waals surface area contributed by atoms with E-state index in [2.05, 4.69) is 19.2 Å². The molecule has 0 aliphatic carbocycles. The number of rotatable bonds is 6. The first-order valence-electron chi connectivity index (χ1n) is 6.79. The molecule has 0 aliphatic rings. The molecule has 108 valence electrons. The molecule has 0 fully saturated rings. The molecule has 20 heavy (non-hydrogen) atoms. The monoisotopic (exact) mass is 274 g/mol. The second-order valence-corrected chi connectivity index (χ2v) is 5.56. The molecule has 0 spiro atoms. The maximum atomic E-state index is 11.6. The van der Waals surface area contributed by atoms with Gasteiger partial charge in [-0.25, -0.2) is 0 Å². The Kier molecular flexibility index (Phi) is 5.57. The zero-order chi connectivity index (χ0) is 15.2. The van der Waals surface area contributed by atoms with Crippen molar-refractivity contribution in [3.8, 4) is 11.8 Å². The molecular formula is C16H22N2O2. The zero-order valence-corrected chi connectivity index (χ0v) is 12.6. The minimum atomic E-state index is -1.00. The summed E-state index contributed by atoms with van der Waals surface area (Å²) in [6, 6.07) is 9.90. The van der Waals surface area contributed by atoms with E-state index in [0.29, 0.717) is 19.1 Å². The number of carbonyl (C=O) groups excluding carboxylic acids is 1. The van der Waals surface area contributed by atoms with E-state index >= 15 is 0 Å². The first kappa shape index (κ1) is 16.0. The SMILES string of the molecule is CC(C)c1ccc(OCCNC(=O)C(C)(C)C#N)cc1. The second kappa shape index (κ2) is 6.95. The Morgan fingerprint density at radius 2 is 1.95 bits per heavy atom. The maximum absolute atomic E-state index is 11.6. The van der Waals surface area contributed by atoms with Crippen LogP contribution in [0.15, 0.2) is 24.3 Å². The maximum Gasteiger partial charge on any atom is 0.240 e. The quantitative estimate of drug-likeness (QED) is 0.811. The normalized spacial score (nSPS) is 11.0. The van der Waals surface area contributed by atoms with Crippen LogP contribution in [0.1, 0.15) is 39.2 Å². The third-order valence-electron chi connectivity index (χ3n) is 3.05. The van der Waals surface area contributed by atoms with E-state index in [1.54, 1.807) is 13.8 Å². The van der Waals surface area contributed by atoms with Crippen LogP contribution in [-0.2, 0) is 4.79 Å². The summed E-state index contributed by atoms with van der Waals surface area (Å²) in [4.78, 5) is 11.6. The Bertz CT molecular complexity index is 484. The highest BCUT2D eigenvalue weighted by atomic mass is 16.5. The van der Waals surface area contributed by atoms with Crippen LogP contribution in [0, 0.1) is 16.7 Å². The molecule has 0 saturated carbocycles. The molecule has 0 unspecified atom stereocenters. The number of benzene rings is 1. The molecule has 1 amide bonds. The average molecular weight is 274 g/mol. The smallest absolute Gasteiger partial charge is 0.240 e. The summed E-state index contributed by atoms with van der Waals surface area (Å²) in [6.07, 6.45) is 0. The fraction of sp³-hybridized carbons (Fsp3) is 0.500. The van der Waals surface area contributed by atoms with Crippen molar-refractivity contribution in [2.75, 3.05) is 13.2 Å². The van der Waals surface area contributed by atoms with Gasteiger partial charge in [-0.2, -0.15) is 5.26 Å². The summed E-state index contributed by atoms with van der Waals surface area (Å²) in [7, 11) is 0. The van der Waals surface area contributed by atoms with Crippen LogP contribution in [0.5, 0.6) is 5.75 Å². The summed E-state index contributed by atoms with van der Waals surface area (Å²) in [5.74, 6) is 0.999. The van der Waals surface area contributed by atoms with E-state index in [0.717, 1.165) is 5.75 Å². The molecule has 1 rings (SSSR count). The third-order valence-corrected chi connectivity index (χ3v) is 3.05. The van der Waals surface area contributed by atoms with E-state index in [9.17, 15) is 4.79 Å². The Labute approximate surface area is 120 Å². The minimum Gasteiger partial charge on any atom is -0.492 e. The van der Waals surface area contributed by atoms with Crippen LogP contribution in [0.3, 0.4) is 0 Å². The van der Waals surface area contributed by atoms with Crippen LogP contribution < -0.4 is 10.1 Å². The van der Waals surface area contributed by atoms with Gasteiger partial charge in [0.1, 0.15) is 17.8 Å². The number of hydrogen-bond acceptors (Lipinski definition) is 3. The predicted molar refractivity (Wildman–Crippen MR) is 78.4 cm³/mol. The lowest BCUT2D eigenvalue weighted by atomic mass is 9.95. The van der Waals surface area contributed by atoms with E-state index < -0.39 is 5.41 Å². The van der Waals surface area contributed by atoms with Gasteiger partial charge in [0.15, 0.2) is 0 Å². The Morgan fingerprint density at radius 1 is 1.35 bits per heavy atom. The van der Waals surface area contributed by atoms with Crippen molar-refractivity contribution in [3.05, 3.63) is 29.8 Å². The molecule has 1 aromatic rings. The van der Waals surface area contributed by atoms with Crippen molar-refractivity contribution in [1.82, 2.24) is 5.32 Å². The van der Waals surface area contributed by atoms with Crippen molar-refractivity contribution in [3.63, 3.8) is 0 Å². The lowest BCUT2D eigenvalue weighted by Crippen LogP contribution is -2.38. The molecular weight excluding hydrogens is 252 g/mol. The second-order valence-electron chi connectivity index (χ2n) is 5.56. The van der Waals surface area contributed by atoms with Crippen LogP contribution in [0.4, 0.5) is 0 Å². The lowest BCUT2D eigenvalue weighted by molar-refractivity contribution is -0.126. The van der Waals surface area contributed by atoms with Crippen molar-refractivity contribution in [2.24, 2.45) is 5.41 Å². The molecule has 4 nitrogen and oxygen atoms in total. The summed E-state index contributed by atoms with van der Waals surface area (Å²) < 4.78 is 5.54. The van der Waals surface area contributed by atoms with Gasteiger partial charge < -0.3 is 10.1 Å². The molecule has 0 heterocycles. The van der Waals surface area contributed by atoms with Crippen molar-refractivity contribution in [1.29, 1.82) is 5.26 Å². The van der Waals surface area contributed by atoms with Gasteiger partial charge in [-0.15, -0.1) is 0 Å². The average Bonchev–Trinajstić information content (AvgIpc) is 2.43. The van der Waals surface area contributed by atoms with Crippen LogP contribution >= 0.6 is 0 Å². The number of hydrogen-bond donors (Lipinski definition) is 1. The van der Waals surface area contributed by atoms with Gasteiger partial charge in [0, 0.05) is 0 Å². The Hall–Kier alpha value is -2.02. The molecule has 0 aromatic heterocycles. The zero-order valence-electron chi connectivity index (χ0n) is 12.6. The molecule has 0 atom stereocenters. The molecule has 0 saturated heterocycles. The van der Waals surface area contributed by atoms with E-state index in [4.69, 9.17) is 10.00 Å². The molecule has 0 aliphatic heterocycles. The summed E-state index contributed by atoms with van der Waals surface area (Å²) >= 11 is 0. The van der Waals surface area contributed by atoms with Gasteiger partial charge in [-0.1, -0.05) is 26.0 Å².